The normalized spacial score (nSPS) is 24.6. The molecule has 0 amide bonds. The number of nitrogens with zero attached hydrogens (tertiary/aromatic N) is 4. The molecule has 2 aromatic carbocycles. The Labute approximate surface area is 241 Å². The number of hydrogen-bond acceptors (Lipinski definition) is 9. The van der Waals surface area contributed by atoms with E-state index in [4.69, 9.17) is 14.5 Å². The van der Waals surface area contributed by atoms with Crippen molar-refractivity contribution in [3.05, 3.63) is 48.2 Å². The highest BCUT2D eigenvalue weighted by molar-refractivity contribution is 6.00. The third kappa shape index (κ3) is 4.79. The molecule has 4 aromatic rings. The van der Waals surface area contributed by atoms with Crippen molar-refractivity contribution in [2.45, 2.75) is 44.2 Å². The van der Waals surface area contributed by atoms with Gasteiger partial charge in [-0.3, -0.25) is 4.98 Å². The summed E-state index contributed by atoms with van der Waals surface area (Å²) in [6.07, 6.45) is 6.06. The van der Waals surface area contributed by atoms with Gasteiger partial charge in [0.15, 0.2) is 5.82 Å². The van der Waals surface area contributed by atoms with Crippen LogP contribution in [0.15, 0.2) is 36.5 Å². The number of ether oxygens (including phenoxy) is 2. The van der Waals surface area contributed by atoms with Gasteiger partial charge in [0.1, 0.15) is 28.6 Å². The van der Waals surface area contributed by atoms with E-state index in [1.165, 1.54) is 30.5 Å². The standard InChI is InChI=1S/C31H33F2N5O4/c32-23-5-1-4-18-12-19(39)13-21(25(18)23)27-26(33)28-22(14-35-27)29(38-10-11-41-16-20(40)15-38)37-30(36-28)42-17-31-7-2-6-24(31)34-9-3-8-31/h1,4-5,12-14,20,24,34,39-40H,2-3,6-11,15-17H2. The van der Waals surface area contributed by atoms with Gasteiger partial charge in [0.2, 0.25) is 0 Å². The average molecular weight is 578 g/mol. The van der Waals surface area contributed by atoms with Gasteiger partial charge in [-0.1, -0.05) is 18.6 Å². The molecule has 2 aromatic heterocycles. The molecule has 3 unspecified atom stereocenters. The van der Waals surface area contributed by atoms with Crippen LogP contribution in [0.4, 0.5) is 14.6 Å². The maximum Gasteiger partial charge on any atom is 0.319 e. The molecule has 0 bridgehead atoms. The summed E-state index contributed by atoms with van der Waals surface area (Å²) in [5, 5.41) is 25.4. The molecule has 1 aliphatic carbocycles. The minimum absolute atomic E-state index is 0.0245. The fourth-order valence-corrected chi connectivity index (χ4v) is 6.98. The number of halogens is 2. The number of hydrogen-bond donors (Lipinski definition) is 3. The van der Waals surface area contributed by atoms with E-state index >= 15 is 8.78 Å². The summed E-state index contributed by atoms with van der Waals surface area (Å²) in [4.78, 5) is 15.5. The molecule has 42 heavy (non-hydrogen) atoms. The third-order valence-corrected chi connectivity index (χ3v) is 8.99. The monoisotopic (exact) mass is 577 g/mol. The van der Waals surface area contributed by atoms with Crippen LogP contribution in [0.5, 0.6) is 11.8 Å². The predicted molar refractivity (Wildman–Crippen MR) is 154 cm³/mol. The van der Waals surface area contributed by atoms with Crippen LogP contribution in [0.1, 0.15) is 32.1 Å². The molecule has 3 N–H and O–H groups in total. The lowest BCUT2D eigenvalue weighted by atomic mass is 9.76. The molecular weight excluding hydrogens is 544 g/mol. The van der Waals surface area contributed by atoms with Crippen LogP contribution in [0.25, 0.3) is 32.9 Å². The van der Waals surface area contributed by atoms with E-state index in [-0.39, 0.29) is 52.5 Å². The molecule has 9 nitrogen and oxygen atoms in total. The van der Waals surface area contributed by atoms with E-state index in [1.807, 2.05) is 4.90 Å². The van der Waals surface area contributed by atoms with Gasteiger partial charge in [-0.25, -0.2) is 8.78 Å². The van der Waals surface area contributed by atoms with Gasteiger partial charge in [-0.2, -0.15) is 9.97 Å². The Kier molecular flexibility index (Phi) is 7.03. The molecule has 7 rings (SSSR count). The zero-order valence-electron chi connectivity index (χ0n) is 23.2. The van der Waals surface area contributed by atoms with Crippen molar-refractivity contribution >= 4 is 27.5 Å². The molecule has 4 heterocycles. The van der Waals surface area contributed by atoms with Crippen LogP contribution < -0.4 is 15.0 Å². The number of aliphatic hydroxyl groups is 1. The number of benzene rings is 2. The molecule has 0 radical (unpaired) electrons. The van der Waals surface area contributed by atoms with Crippen molar-refractivity contribution in [2.75, 3.05) is 44.4 Å². The third-order valence-electron chi connectivity index (χ3n) is 8.99. The summed E-state index contributed by atoms with van der Waals surface area (Å²) < 4.78 is 43.3. The summed E-state index contributed by atoms with van der Waals surface area (Å²) in [5.41, 5.74) is -0.0859. The van der Waals surface area contributed by atoms with Gasteiger partial charge in [0.25, 0.3) is 0 Å². The number of aromatic nitrogens is 3. The number of aromatic hydroxyl groups is 1. The maximum atomic E-state index is 16.5. The van der Waals surface area contributed by atoms with Crippen LogP contribution in [-0.4, -0.2) is 76.8 Å². The molecule has 3 fully saturated rings. The van der Waals surface area contributed by atoms with Crippen LogP contribution in [-0.2, 0) is 4.74 Å². The van der Waals surface area contributed by atoms with Gasteiger partial charge >= 0.3 is 6.01 Å². The number of β-amino-alcohol motifs (C(OH)–C–C–N with tert-alkyl or cyclic N) is 1. The minimum Gasteiger partial charge on any atom is -0.508 e. The second-order valence-corrected chi connectivity index (χ2v) is 11.7. The maximum absolute atomic E-state index is 16.5. The Morgan fingerprint density at radius 1 is 1.17 bits per heavy atom. The van der Waals surface area contributed by atoms with Crippen molar-refractivity contribution in [1.82, 2.24) is 20.3 Å². The molecular formula is C31H33F2N5O4. The Hall–Kier alpha value is -3.67. The smallest absolute Gasteiger partial charge is 0.319 e. The van der Waals surface area contributed by atoms with E-state index in [2.05, 4.69) is 15.3 Å². The summed E-state index contributed by atoms with van der Waals surface area (Å²) >= 11 is 0. The summed E-state index contributed by atoms with van der Waals surface area (Å²) in [6.45, 7) is 2.60. The fourth-order valence-electron chi connectivity index (χ4n) is 6.98. The van der Waals surface area contributed by atoms with Crippen LogP contribution in [0.3, 0.4) is 0 Å². The second-order valence-electron chi connectivity index (χ2n) is 11.7. The largest absolute Gasteiger partial charge is 0.508 e. The van der Waals surface area contributed by atoms with Gasteiger partial charge < -0.3 is 29.9 Å². The van der Waals surface area contributed by atoms with E-state index in [9.17, 15) is 10.2 Å². The number of fused-ring (bicyclic) bond motifs is 3. The summed E-state index contributed by atoms with van der Waals surface area (Å²) in [5.74, 6) is -1.09. The first kappa shape index (κ1) is 27.2. The lowest BCUT2D eigenvalue weighted by molar-refractivity contribution is 0.0597. The van der Waals surface area contributed by atoms with Crippen LogP contribution in [0, 0.1) is 17.0 Å². The number of pyridine rings is 1. The van der Waals surface area contributed by atoms with Crippen molar-refractivity contribution in [1.29, 1.82) is 0 Å². The first-order valence-electron chi connectivity index (χ1n) is 14.6. The van der Waals surface area contributed by atoms with E-state index in [0.29, 0.717) is 42.4 Å². The number of anilines is 1. The van der Waals surface area contributed by atoms with Gasteiger partial charge in [-0.15, -0.1) is 0 Å². The molecule has 3 atom stereocenters. The average Bonchev–Trinajstić information content (AvgIpc) is 3.29. The first-order chi connectivity index (χ1) is 20.4. The van der Waals surface area contributed by atoms with Crippen molar-refractivity contribution in [3.63, 3.8) is 0 Å². The Balaban J connectivity index is 1.36. The number of phenols is 1. The number of rotatable bonds is 5. The zero-order valence-corrected chi connectivity index (χ0v) is 23.2. The SMILES string of the molecule is Oc1cc(-c2ncc3c(N4CCOCC(O)C4)nc(OCC45CCCNC4CCC5)nc3c2F)c2c(F)cccc2c1. The Morgan fingerprint density at radius 2 is 2.05 bits per heavy atom. The van der Waals surface area contributed by atoms with Gasteiger partial charge in [-0.05, 0) is 55.8 Å². The first-order valence-corrected chi connectivity index (χ1v) is 14.6. The fraction of sp³-hybridized carbons (Fsp3) is 0.452. The quantitative estimate of drug-likeness (QED) is 0.319. The van der Waals surface area contributed by atoms with E-state index in [0.717, 1.165) is 38.6 Å². The van der Waals surface area contributed by atoms with E-state index < -0.39 is 17.7 Å². The molecule has 0 spiro atoms. The highest BCUT2D eigenvalue weighted by atomic mass is 19.1. The minimum atomic E-state index is -0.779. The molecule has 1 saturated carbocycles. The number of phenolic OH excluding ortho intramolecular Hbond substituents is 1. The lowest BCUT2D eigenvalue weighted by Crippen LogP contribution is -2.49. The number of nitrogens with one attached hydrogen (secondary N) is 1. The zero-order chi connectivity index (χ0) is 28.8. The molecule has 220 valence electrons. The van der Waals surface area contributed by atoms with Gasteiger partial charge in [0, 0.05) is 41.7 Å². The van der Waals surface area contributed by atoms with Crippen molar-refractivity contribution in [3.8, 4) is 23.0 Å². The number of aliphatic hydroxyl groups excluding tert-OH is 1. The summed E-state index contributed by atoms with van der Waals surface area (Å²) in [6, 6.07) is 7.60. The molecule has 2 saturated heterocycles. The highest BCUT2D eigenvalue weighted by Crippen LogP contribution is 2.45. The Morgan fingerprint density at radius 3 is 2.95 bits per heavy atom. The molecule has 11 heteroatoms. The van der Waals surface area contributed by atoms with Crippen molar-refractivity contribution < 1.29 is 28.5 Å². The summed E-state index contributed by atoms with van der Waals surface area (Å²) in [7, 11) is 0. The van der Waals surface area contributed by atoms with Crippen molar-refractivity contribution in [2.24, 2.45) is 5.41 Å². The highest BCUT2D eigenvalue weighted by Gasteiger charge is 2.45. The second kappa shape index (κ2) is 10.9. The van der Waals surface area contributed by atoms with Gasteiger partial charge in [0.05, 0.1) is 31.3 Å². The van der Waals surface area contributed by atoms with Crippen LogP contribution >= 0.6 is 0 Å². The Bertz CT molecular complexity index is 1660. The number of piperidine rings is 1. The lowest BCUT2D eigenvalue weighted by Gasteiger charge is -2.39. The topological polar surface area (TPSA) is 113 Å². The molecule has 2 aliphatic heterocycles. The molecule has 3 aliphatic rings. The van der Waals surface area contributed by atoms with Crippen LogP contribution in [0.2, 0.25) is 0 Å². The van der Waals surface area contributed by atoms with E-state index in [1.54, 1.807) is 6.07 Å². The predicted octanol–water partition coefficient (Wildman–Crippen LogP) is 4.33.